The average Bonchev–Trinajstić information content (AvgIpc) is 2.30. The molecule has 1 atom stereocenters. The average molecular weight is 247 g/mol. The topological polar surface area (TPSA) is 39.1 Å². The minimum absolute atomic E-state index is 0.00986. The van der Waals surface area contributed by atoms with E-state index in [1.54, 1.807) is 12.1 Å². The zero-order valence-electron chi connectivity index (χ0n) is 10.8. The molecule has 4 heteroatoms. The molecule has 96 valence electrons. The van der Waals surface area contributed by atoms with Crippen LogP contribution in [0.3, 0.4) is 0 Å². The molecule has 0 aromatic heterocycles. The van der Waals surface area contributed by atoms with Gasteiger partial charge in [-0.3, -0.25) is 0 Å². The maximum atomic E-state index is 14.0. The summed E-state index contributed by atoms with van der Waals surface area (Å²) in [6, 6.07) is 8.97. The lowest BCUT2D eigenvalue weighted by Gasteiger charge is -2.49. The number of nitrogens with zero attached hydrogens (tertiary/aromatic N) is 2. The third kappa shape index (κ3) is 2.32. The first-order chi connectivity index (χ1) is 8.56. The van der Waals surface area contributed by atoms with Gasteiger partial charge in [-0.2, -0.15) is 5.26 Å². The van der Waals surface area contributed by atoms with Crippen molar-refractivity contribution in [2.45, 2.75) is 31.8 Å². The fourth-order valence-corrected chi connectivity index (χ4v) is 2.65. The van der Waals surface area contributed by atoms with E-state index in [-0.39, 0.29) is 17.4 Å². The summed E-state index contributed by atoms with van der Waals surface area (Å²) in [6.07, 6.45) is 0.394. The summed E-state index contributed by atoms with van der Waals surface area (Å²) in [5.74, 6) is -0.226. The molecular formula is C14H18FN3. The lowest BCUT2D eigenvalue weighted by atomic mass is 9.94. The van der Waals surface area contributed by atoms with Gasteiger partial charge in [0.2, 0.25) is 0 Å². The van der Waals surface area contributed by atoms with Gasteiger partial charge >= 0.3 is 0 Å². The van der Waals surface area contributed by atoms with Crippen LogP contribution in [0.2, 0.25) is 0 Å². The third-order valence-corrected chi connectivity index (χ3v) is 3.39. The number of nitriles is 1. The molecule has 0 spiro atoms. The van der Waals surface area contributed by atoms with Gasteiger partial charge in [0.25, 0.3) is 0 Å². The molecule has 1 unspecified atom stereocenters. The first-order valence-electron chi connectivity index (χ1n) is 6.18. The van der Waals surface area contributed by atoms with E-state index in [1.807, 2.05) is 11.0 Å². The van der Waals surface area contributed by atoms with Crippen LogP contribution in [0, 0.1) is 17.1 Å². The molecule has 0 bridgehead atoms. The number of nitrogens with one attached hydrogen (secondary N) is 1. The van der Waals surface area contributed by atoms with Crippen LogP contribution in [0.4, 0.5) is 10.1 Å². The highest BCUT2D eigenvalue weighted by Gasteiger charge is 2.37. The minimum Gasteiger partial charge on any atom is -0.357 e. The Morgan fingerprint density at radius 3 is 2.89 bits per heavy atom. The number of halogens is 1. The molecule has 2 rings (SSSR count). The Morgan fingerprint density at radius 2 is 2.22 bits per heavy atom. The fourth-order valence-electron chi connectivity index (χ4n) is 2.65. The van der Waals surface area contributed by atoms with E-state index < -0.39 is 0 Å². The van der Waals surface area contributed by atoms with Gasteiger partial charge in [0, 0.05) is 18.6 Å². The summed E-state index contributed by atoms with van der Waals surface area (Å²) in [6.45, 7) is 5.63. The van der Waals surface area contributed by atoms with E-state index in [9.17, 15) is 4.39 Å². The first-order valence-corrected chi connectivity index (χ1v) is 6.18. The van der Waals surface area contributed by atoms with Crippen LogP contribution >= 0.6 is 0 Å². The molecule has 1 heterocycles. The van der Waals surface area contributed by atoms with Crippen LogP contribution in [0.1, 0.15) is 20.3 Å². The third-order valence-electron chi connectivity index (χ3n) is 3.39. The molecule has 0 radical (unpaired) electrons. The van der Waals surface area contributed by atoms with E-state index in [1.165, 1.54) is 6.07 Å². The quantitative estimate of drug-likeness (QED) is 0.871. The maximum absolute atomic E-state index is 14.0. The number of anilines is 1. The number of piperazine rings is 1. The van der Waals surface area contributed by atoms with Gasteiger partial charge in [-0.25, -0.2) is 4.39 Å². The van der Waals surface area contributed by atoms with Crippen LogP contribution in [-0.2, 0) is 0 Å². The maximum Gasteiger partial charge on any atom is 0.146 e. The Hall–Kier alpha value is -1.60. The van der Waals surface area contributed by atoms with Crippen molar-refractivity contribution >= 4 is 5.69 Å². The van der Waals surface area contributed by atoms with Gasteiger partial charge in [0.05, 0.1) is 24.2 Å². The molecule has 1 aliphatic rings. The summed E-state index contributed by atoms with van der Waals surface area (Å²) in [5.41, 5.74) is 0.381. The van der Waals surface area contributed by atoms with Crippen molar-refractivity contribution in [3.63, 3.8) is 0 Å². The molecule has 0 aliphatic carbocycles. The second-order valence-corrected chi connectivity index (χ2v) is 5.28. The molecule has 18 heavy (non-hydrogen) atoms. The molecule has 1 saturated heterocycles. The lowest BCUT2D eigenvalue weighted by molar-refractivity contribution is 0.321. The van der Waals surface area contributed by atoms with Crippen molar-refractivity contribution in [1.29, 1.82) is 5.26 Å². The molecule has 1 aromatic carbocycles. The van der Waals surface area contributed by atoms with Crippen LogP contribution < -0.4 is 10.2 Å². The summed E-state index contributed by atoms with van der Waals surface area (Å²) < 4.78 is 14.0. The van der Waals surface area contributed by atoms with Crippen LogP contribution in [0.15, 0.2) is 24.3 Å². The van der Waals surface area contributed by atoms with Crippen LogP contribution in [-0.4, -0.2) is 24.7 Å². The van der Waals surface area contributed by atoms with Crippen LogP contribution in [0.5, 0.6) is 0 Å². The van der Waals surface area contributed by atoms with Crippen molar-refractivity contribution in [3.8, 4) is 6.07 Å². The second kappa shape index (κ2) is 4.95. The van der Waals surface area contributed by atoms with Gasteiger partial charge < -0.3 is 10.2 Å². The van der Waals surface area contributed by atoms with Crippen molar-refractivity contribution in [3.05, 3.63) is 30.1 Å². The summed E-state index contributed by atoms with van der Waals surface area (Å²) in [5, 5.41) is 12.2. The first kappa shape index (κ1) is 12.8. The molecule has 0 saturated carbocycles. The normalized spacial score (nSPS) is 22.6. The summed E-state index contributed by atoms with van der Waals surface area (Å²) >= 11 is 0. The summed E-state index contributed by atoms with van der Waals surface area (Å²) in [7, 11) is 0. The predicted molar refractivity (Wildman–Crippen MR) is 69.8 cm³/mol. The number of para-hydroxylation sites is 1. The Labute approximate surface area is 107 Å². The SMILES string of the molecule is CC1(C)CNCC(CC#N)N1c1ccccc1F. The van der Waals surface area contributed by atoms with Gasteiger partial charge in [-0.05, 0) is 26.0 Å². The van der Waals surface area contributed by atoms with Gasteiger partial charge in [-0.15, -0.1) is 0 Å². The van der Waals surface area contributed by atoms with Crippen molar-refractivity contribution in [2.24, 2.45) is 0 Å². The highest BCUT2D eigenvalue weighted by Crippen LogP contribution is 2.31. The molecule has 1 N–H and O–H groups in total. The standard InChI is InChI=1S/C14H18FN3/c1-14(2)10-17-9-11(7-8-16)18(14)13-6-4-3-5-12(13)15/h3-6,11,17H,7,9-10H2,1-2H3. The van der Waals surface area contributed by atoms with E-state index in [2.05, 4.69) is 25.2 Å². The lowest BCUT2D eigenvalue weighted by Crippen LogP contribution is -2.63. The second-order valence-electron chi connectivity index (χ2n) is 5.28. The zero-order valence-corrected chi connectivity index (χ0v) is 10.8. The van der Waals surface area contributed by atoms with Crippen molar-refractivity contribution in [1.82, 2.24) is 5.32 Å². The van der Waals surface area contributed by atoms with Gasteiger partial charge in [-0.1, -0.05) is 12.1 Å². The molecule has 1 fully saturated rings. The van der Waals surface area contributed by atoms with E-state index in [0.29, 0.717) is 18.7 Å². The Bertz CT molecular complexity index is 464. The number of hydrogen-bond donors (Lipinski definition) is 1. The predicted octanol–water partition coefficient (Wildman–Crippen LogP) is 2.30. The van der Waals surface area contributed by atoms with Gasteiger partial charge in [0.15, 0.2) is 0 Å². The fraction of sp³-hybridized carbons (Fsp3) is 0.500. The summed E-state index contributed by atoms with van der Waals surface area (Å²) in [4.78, 5) is 2.04. The zero-order chi connectivity index (χ0) is 13.2. The highest BCUT2D eigenvalue weighted by atomic mass is 19.1. The molecule has 0 amide bonds. The number of benzene rings is 1. The molecule has 1 aliphatic heterocycles. The molecular weight excluding hydrogens is 229 g/mol. The molecule has 3 nitrogen and oxygen atoms in total. The minimum atomic E-state index is -0.226. The smallest absolute Gasteiger partial charge is 0.146 e. The van der Waals surface area contributed by atoms with Crippen LogP contribution in [0.25, 0.3) is 0 Å². The van der Waals surface area contributed by atoms with Crippen molar-refractivity contribution < 1.29 is 4.39 Å². The van der Waals surface area contributed by atoms with Gasteiger partial charge in [0.1, 0.15) is 5.82 Å². The van der Waals surface area contributed by atoms with E-state index in [0.717, 1.165) is 6.54 Å². The Kier molecular flexibility index (Phi) is 3.53. The molecule has 1 aromatic rings. The Balaban J connectivity index is 2.41. The van der Waals surface area contributed by atoms with E-state index >= 15 is 0 Å². The Morgan fingerprint density at radius 1 is 1.50 bits per heavy atom. The van der Waals surface area contributed by atoms with E-state index in [4.69, 9.17) is 5.26 Å². The highest BCUT2D eigenvalue weighted by molar-refractivity contribution is 5.52. The monoisotopic (exact) mass is 247 g/mol. The largest absolute Gasteiger partial charge is 0.357 e. The van der Waals surface area contributed by atoms with Crippen molar-refractivity contribution in [2.75, 3.05) is 18.0 Å². The number of rotatable bonds is 2. The number of hydrogen-bond acceptors (Lipinski definition) is 3.